The van der Waals surface area contributed by atoms with Gasteiger partial charge in [-0.1, -0.05) is 35.9 Å². The standard InChI is InChI=1S/C22H17F2N3O3S/c1-12-7-8-16(13(2)9-12)27-20(29)18(31-21(27)15(11-25)19(26)28)10-14-5-3-4-6-17(14)30-22(23)24/h3-10,22H,1-2H3,(H2,26,28)/b18-10-,21-15-. The SMILES string of the molecule is Cc1ccc(-n2c(=O)/c(=C/c3ccccc3OC(F)F)s/c2=C(/C#N)C(N)=O)c(C)c1. The van der Waals surface area contributed by atoms with Crippen molar-refractivity contribution in [1.29, 1.82) is 5.26 Å². The number of thiazole rings is 1. The molecule has 1 aromatic heterocycles. The van der Waals surface area contributed by atoms with Gasteiger partial charge in [0.2, 0.25) is 0 Å². The molecule has 31 heavy (non-hydrogen) atoms. The molecule has 0 saturated carbocycles. The summed E-state index contributed by atoms with van der Waals surface area (Å²) in [4.78, 5) is 25.1. The molecule has 158 valence electrons. The molecule has 0 atom stereocenters. The van der Waals surface area contributed by atoms with Crippen LogP contribution >= 0.6 is 11.3 Å². The van der Waals surface area contributed by atoms with Crippen molar-refractivity contribution in [3.05, 3.63) is 78.7 Å². The number of ether oxygens (including phenoxy) is 1. The molecule has 0 unspecified atom stereocenters. The molecule has 6 nitrogen and oxygen atoms in total. The number of para-hydroxylation sites is 1. The van der Waals surface area contributed by atoms with Gasteiger partial charge < -0.3 is 10.5 Å². The van der Waals surface area contributed by atoms with Crippen molar-refractivity contribution in [3.63, 3.8) is 0 Å². The van der Waals surface area contributed by atoms with Gasteiger partial charge in [0.1, 0.15) is 16.5 Å². The summed E-state index contributed by atoms with van der Waals surface area (Å²) >= 11 is 0.869. The highest BCUT2D eigenvalue weighted by Crippen LogP contribution is 2.21. The minimum atomic E-state index is -3.03. The average Bonchev–Trinajstić information content (AvgIpc) is 2.99. The third-order valence-electron chi connectivity index (χ3n) is 4.41. The summed E-state index contributed by atoms with van der Waals surface area (Å²) in [5, 5.41) is 9.46. The molecule has 0 aliphatic carbocycles. The van der Waals surface area contributed by atoms with Crippen molar-refractivity contribution in [2.24, 2.45) is 5.73 Å². The van der Waals surface area contributed by atoms with E-state index in [0.29, 0.717) is 5.69 Å². The number of nitrogens with zero attached hydrogens (tertiary/aromatic N) is 2. The first-order chi connectivity index (χ1) is 14.7. The average molecular weight is 441 g/mol. The molecule has 0 saturated heterocycles. The molecule has 3 rings (SSSR count). The topological polar surface area (TPSA) is 98.1 Å². The summed E-state index contributed by atoms with van der Waals surface area (Å²) in [5.41, 5.74) is 6.90. The summed E-state index contributed by atoms with van der Waals surface area (Å²) < 4.78 is 31.4. The van der Waals surface area contributed by atoms with Crippen molar-refractivity contribution in [1.82, 2.24) is 4.57 Å². The molecule has 0 aliphatic heterocycles. The molecule has 3 aromatic rings. The van der Waals surface area contributed by atoms with Crippen LogP contribution in [0.2, 0.25) is 0 Å². The van der Waals surface area contributed by atoms with Crippen LogP contribution in [-0.2, 0) is 4.79 Å². The van der Waals surface area contributed by atoms with Crippen LogP contribution in [0.1, 0.15) is 16.7 Å². The van der Waals surface area contributed by atoms with Gasteiger partial charge in [0.15, 0.2) is 5.57 Å². The van der Waals surface area contributed by atoms with Gasteiger partial charge in [-0.15, -0.1) is 11.3 Å². The molecule has 2 aromatic carbocycles. The number of nitriles is 1. The molecule has 9 heteroatoms. The number of hydrogen-bond acceptors (Lipinski definition) is 5. The van der Waals surface area contributed by atoms with Crippen LogP contribution in [0.4, 0.5) is 8.78 Å². The normalized spacial score (nSPS) is 12.6. The number of nitrogens with two attached hydrogens (primary N) is 1. The van der Waals surface area contributed by atoms with Crippen LogP contribution in [-0.4, -0.2) is 17.1 Å². The fourth-order valence-corrected chi connectivity index (χ4v) is 4.17. The van der Waals surface area contributed by atoms with Crippen LogP contribution in [0.25, 0.3) is 17.3 Å². The Morgan fingerprint density at radius 1 is 1.26 bits per heavy atom. The van der Waals surface area contributed by atoms with Crippen LogP contribution in [0, 0.1) is 25.2 Å². The smallest absolute Gasteiger partial charge is 0.387 e. The fourth-order valence-electron chi connectivity index (χ4n) is 3.08. The van der Waals surface area contributed by atoms with Crippen LogP contribution in [0.15, 0.2) is 47.3 Å². The van der Waals surface area contributed by atoms with E-state index in [-0.39, 0.29) is 26.1 Å². The molecular formula is C22H17F2N3O3S. The predicted molar refractivity (Wildman–Crippen MR) is 113 cm³/mol. The van der Waals surface area contributed by atoms with Gasteiger partial charge in [0.25, 0.3) is 11.5 Å². The molecule has 0 spiro atoms. The maximum absolute atomic E-state index is 13.3. The Labute approximate surface area is 179 Å². The third kappa shape index (κ3) is 4.54. The highest BCUT2D eigenvalue weighted by atomic mass is 32.1. The molecule has 1 amide bonds. The van der Waals surface area contributed by atoms with E-state index in [1.54, 1.807) is 31.2 Å². The molecular weight excluding hydrogens is 424 g/mol. The van der Waals surface area contributed by atoms with E-state index in [1.807, 2.05) is 13.0 Å². The number of hydrogen-bond donors (Lipinski definition) is 1. The van der Waals surface area contributed by atoms with Gasteiger partial charge in [-0.3, -0.25) is 14.2 Å². The molecule has 0 aliphatic rings. The second kappa shape index (κ2) is 8.93. The zero-order valence-corrected chi connectivity index (χ0v) is 17.4. The third-order valence-corrected chi connectivity index (χ3v) is 5.50. The van der Waals surface area contributed by atoms with E-state index >= 15 is 0 Å². The summed E-state index contributed by atoms with van der Waals surface area (Å²) in [6, 6.07) is 13.1. The van der Waals surface area contributed by atoms with Gasteiger partial charge in [-0.2, -0.15) is 14.0 Å². The number of aryl methyl sites for hydroxylation is 2. The number of halogens is 2. The van der Waals surface area contributed by atoms with Crippen molar-refractivity contribution < 1.29 is 18.3 Å². The summed E-state index contributed by atoms with van der Waals surface area (Å²) in [6.07, 6.45) is 1.38. The van der Waals surface area contributed by atoms with Crippen LogP contribution < -0.4 is 25.2 Å². The number of alkyl halides is 2. The van der Waals surface area contributed by atoms with Crippen molar-refractivity contribution >= 4 is 28.9 Å². The molecule has 0 fully saturated rings. The second-order valence-corrected chi connectivity index (χ2v) is 7.64. The quantitative estimate of drug-likeness (QED) is 0.656. The van der Waals surface area contributed by atoms with Gasteiger partial charge in [-0.05, 0) is 37.6 Å². The van der Waals surface area contributed by atoms with Gasteiger partial charge in [-0.25, -0.2) is 0 Å². The summed E-state index contributed by atoms with van der Waals surface area (Å²) in [6.45, 7) is 0.652. The zero-order valence-electron chi connectivity index (χ0n) is 16.6. The van der Waals surface area contributed by atoms with Crippen molar-refractivity contribution in [2.75, 3.05) is 0 Å². The lowest BCUT2D eigenvalue weighted by Gasteiger charge is -2.08. The lowest BCUT2D eigenvalue weighted by molar-refractivity contribution is -0.112. The van der Waals surface area contributed by atoms with E-state index in [9.17, 15) is 23.6 Å². The Hall–Kier alpha value is -3.77. The summed E-state index contributed by atoms with van der Waals surface area (Å²) in [7, 11) is 0. The van der Waals surface area contributed by atoms with Gasteiger partial charge in [0.05, 0.1) is 10.2 Å². The van der Waals surface area contributed by atoms with E-state index in [1.165, 1.54) is 28.8 Å². The van der Waals surface area contributed by atoms with Gasteiger partial charge in [0, 0.05) is 5.56 Å². The lowest BCUT2D eigenvalue weighted by atomic mass is 10.1. The maximum Gasteiger partial charge on any atom is 0.387 e. The van der Waals surface area contributed by atoms with E-state index in [4.69, 9.17) is 5.73 Å². The lowest BCUT2D eigenvalue weighted by Crippen LogP contribution is -2.33. The maximum atomic E-state index is 13.3. The fraction of sp³-hybridized carbons (Fsp3) is 0.136. The monoisotopic (exact) mass is 441 g/mol. The largest absolute Gasteiger partial charge is 0.434 e. The highest BCUT2D eigenvalue weighted by molar-refractivity contribution is 7.07. The highest BCUT2D eigenvalue weighted by Gasteiger charge is 2.16. The Morgan fingerprint density at radius 3 is 2.58 bits per heavy atom. The van der Waals surface area contributed by atoms with Gasteiger partial charge >= 0.3 is 6.61 Å². The molecule has 2 N–H and O–H groups in total. The second-order valence-electron chi connectivity index (χ2n) is 6.61. The van der Waals surface area contributed by atoms with E-state index < -0.39 is 18.1 Å². The Morgan fingerprint density at radius 2 is 1.97 bits per heavy atom. The molecule has 1 heterocycles. The summed E-state index contributed by atoms with van der Waals surface area (Å²) in [5.74, 6) is -1.08. The van der Waals surface area contributed by atoms with E-state index in [0.717, 1.165) is 22.5 Å². The van der Waals surface area contributed by atoms with Crippen molar-refractivity contribution in [3.8, 4) is 17.5 Å². The Bertz CT molecular complexity index is 1380. The Kier molecular flexibility index (Phi) is 6.32. The number of carbonyl (C=O) groups is 1. The number of rotatable bonds is 5. The minimum absolute atomic E-state index is 0.0606. The van der Waals surface area contributed by atoms with Crippen molar-refractivity contribution in [2.45, 2.75) is 20.5 Å². The van der Waals surface area contributed by atoms with Crippen LogP contribution in [0.3, 0.4) is 0 Å². The first-order valence-corrected chi connectivity index (χ1v) is 9.84. The predicted octanol–water partition coefficient (Wildman–Crippen LogP) is 2.11. The first-order valence-electron chi connectivity index (χ1n) is 9.02. The van der Waals surface area contributed by atoms with Crippen LogP contribution in [0.5, 0.6) is 5.75 Å². The Balaban J connectivity index is 2.41. The number of amides is 1. The number of benzene rings is 2. The minimum Gasteiger partial charge on any atom is -0.434 e. The number of aromatic nitrogens is 1. The molecule has 0 radical (unpaired) electrons. The molecule has 0 bridgehead atoms. The number of carbonyl (C=O) groups excluding carboxylic acids is 1. The van der Waals surface area contributed by atoms with E-state index in [2.05, 4.69) is 4.74 Å². The first kappa shape index (κ1) is 21.9. The zero-order chi connectivity index (χ0) is 22.7. The number of primary amides is 1.